The van der Waals surface area contributed by atoms with E-state index in [0.717, 1.165) is 95.9 Å². The van der Waals surface area contributed by atoms with E-state index in [1.807, 2.05) is 12.1 Å². The molecule has 4 heterocycles. The molecule has 0 radical (unpaired) electrons. The summed E-state index contributed by atoms with van der Waals surface area (Å²) in [5, 5.41) is 20.5. The van der Waals surface area contributed by atoms with Gasteiger partial charge in [0.05, 0.1) is 33.8 Å². The maximum Gasteiger partial charge on any atom is 0.200 e. The molecule has 0 spiro atoms. The first kappa shape index (κ1) is 33.4. The van der Waals surface area contributed by atoms with E-state index in [9.17, 15) is 0 Å². The van der Waals surface area contributed by atoms with Crippen molar-refractivity contribution >= 4 is 21.8 Å². The Bertz CT molecular complexity index is 1590. The van der Waals surface area contributed by atoms with Gasteiger partial charge in [0.2, 0.25) is 11.6 Å². The third-order valence-corrected chi connectivity index (χ3v) is 8.73. The average Bonchev–Trinajstić information content (AvgIpc) is 3.09. The number of nitrogens with zero attached hydrogens (tertiary/aromatic N) is 8. The molecule has 0 fully saturated rings. The predicted octanol–water partition coefficient (Wildman–Crippen LogP) is 9.42. The first-order chi connectivity index (χ1) is 22.6. The maximum absolute atomic E-state index is 5.09. The Morgan fingerprint density at radius 3 is 1.09 bits per heavy atom. The van der Waals surface area contributed by atoms with Crippen LogP contribution in [0.5, 0.6) is 0 Å². The summed E-state index contributed by atoms with van der Waals surface area (Å²) in [6.07, 6.45) is 17.6. The molecule has 46 heavy (non-hydrogen) atoms. The molecule has 0 saturated heterocycles. The Hall–Kier alpha value is -3.94. The van der Waals surface area contributed by atoms with Crippen LogP contribution in [0.3, 0.4) is 0 Å². The molecule has 242 valence electrons. The first-order valence-corrected chi connectivity index (χ1v) is 17.8. The number of hydrogen-bond acceptors (Lipinski definition) is 8. The van der Waals surface area contributed by atoms with Crippen LogP contribution >= 0.6 is 0 Å². The quantitative estimate of drug-likeness (QED) is 0.0707. The van der Waals surface area contributed by atoms with Crippen LogP contribution in [-0.4, -0.2) is 40.3 Å². The van der Waals surface area contributed by atoms with Gasteiger partial charge in [-0.1, -0.05) is 103 Å². The molecule has 0 atom stereocenters. The SMILES string of the molecule is CCCCCc1nnc(-c2ccc3ccc4ccc(-c5nnc(CCCCC)c(CCCCC)n5)nc4c3n2)nc1CCCCC. The van der Waals surface area contributed by atoms with Crippen LogP contribution in [0.25, 0.3) is 44.8 Å². The minimum atomic E-state index is 0.573. The lowest BCUT2D eigenvalue weighted by atomic mass is 10.1. The number of rotatable bonds is 18. The largest absolute Gasteiger partial charge is 0.242 e. The summed E-state index contributed by atoms with van der Waals surface area (Å²) in [6, 6.07) is 12.3. The molecule has 0 N–H and O–H groups in total. The van der Waals surface area contributed by atoms with E-state index in [-0.39, 0.29) is 0 Å². The van der Waals surface area contributed by atoms with Crippen molar-refractivity contribution in [3.8, 4) is 23.0 Å². The van der Waals surface area contributed by atoms with E-state index in [1.165, 1.54) is 51.4 Å². The third-order valence-electron chi connectivity index (χ3n) is 8.73. The molecule has 0 aliphatic heterocycles. The van der Waals surface area contributed by atoms with Gasteiger partial charge in [0.25, 0.3) is 0 Å². The highest BCUT2D eigenvalue weighted by atomic mass is 15.2. The number of fused-ring (bicyclic) bond motifs is 3. The van der Waals surface area contributed by atoms with Crippen LogP contribution < -0.4 is 0 Å². The van der Waals surface area contributed by atoms with Crippen molar-refractivity contribution in [1.29, 1.82) is 0 Å². The van der Waals surface area contributed by atoms with Gasteiger partial charge >= 0.3 is 0 Å². The molecule has 4 aromatic heterocycles. The van der Waals surface area contributed by atoms with Crippen molar-refractivity contribution in [3.63, 3.8) is 0 Å². The summed E-state index contributed by atoms with van der Waals surface area (Å²) in [5.41, 5.74) is 7.24. The van der Waals surface area contributed by atoms with Gasteiger partial charge in [-0.25, -0.2) is 19.9 Å². The third kappa shape index (κ3) is 8.45. The Morgan fingerprint density at radius 2 is 0.717 bits per heavy atom. The summed E-state index contributed by atoms with van der Waals surface area (Å²) in [5.74, 6) is 1.15. The van der Waals surface area contributed by atoms with Gasteiger partial charge < -0.3 is 0 Å². The smallest absolute Gasteiger partial charge is 0.200 e. The standard InChI is InChI=1S/C38H50N8/c1-5-9-13-17-29-31(19-15-11-7-3)43-45-37(41-29)33-25-23-27-21-22-28-24-26-34(40-36(28)35(27)39-33)38-42-30(18-14-10-6-2)32(44-46-38)20-16-12-8-4/h21-26H,5-20H2,1-4H3. The molecule has 0 bridgehead atoms. The average molecular weight is 619 g/mol. The molecular weight excluding hydrogens is 568 g/mol. The van der Waals surface area contributed by atoms with Crippen molar-refractivity contribution in [3.05, 3.63) is 59.2 Å². The van der Waals surface area contributed by atoms with E-state index in [2.05, 4.69) is 72.4 Å². The van der Waals surface area contributed by atoms with Crippen molar-refractivity contribution in [1.82, 2.24) is 40.3 Å². The molecule has 1 aromatic carbocycles. The summed E-state index contributed by atoms with van der Waals surface area (Å²) in [4.78, 5) is 20.3. The molecule has 8 heteroatoms. The van der Waals surface area contributed by atoms with Crippen LogP contribution in [0.2, 0.25) is 0 Å². The van der Waals surface area contributed by atoms with Crippen LogP contribution in [-0.2, 0) is 25.7 Å². The fourth-order valence-electron chi connectivity index (χ4n) is 5.95. The fourth-order valence-corrected chi connectivity index (χ4v) is 5.95. The highest BCUT2D eigenvalue weighted by Gasteiger charge is 2.16. The zero-order chi connectivity index (χ0) is 32.1. The Morgan fingerprint density at radius 1 is 0.370 bits per heavy atom. The van der Waals surface area contributed by atoms with Gasteiger partial charge in [-0.05, 0) is 63.5 Å². The van der Waals surface area contributed by atoms with Gasteiger partial charge in [-0.2, -0.15) is 10.2 Å². The van der Waals surface area contributed by atoms with Crippen LogP contribution in [0, 0.1) is 0 Å². The topological polar surface area (TPSA) is 103 Å². The number of unbranched alkanes of at least 4 members (excludes halogenated alkanes) is 8. The molecule has 8 nitrogen and oxygen atoms in total. The number of hydrogen-bond donors (Lipinski definition) is 0. The number of aromatic nitrogens is 8. The summed E-state index contributed by atoms with van der Waals surface area (Å²) in [7, 11) is 0. The maximum atomic E-state index is 5.09. The minimum Gasteiger partial charge on any atom is -0.242 e. The van der Waals surface area contributed by atoms with E-state index in [0.29, 0.717) is 23.0 Å². The lowest BCUT2D eigenvalue weighted by Gasteiger charge is -2.11. The molecule has 5 rings (SSSR count). The van der Waals surface area contributed by atoms with Crippen LogP contribution in [0.4, 0.5) is 0 Å². The summed E-state index contributed by atoms with van der Waals surface area (Å²) in [6.45, 7) is 8.91. The van der Waals surface area contributed by atoms with Crippen molar-refractivity contribution in [2.45, 2.75) is 130 Å². The second-order valence-electron chi connectivity index (χ2n) is 12.5. The number of benzene rings is 1. The van der Waals surface area contributed by atoms with E-state index >= 15 is 0 Å². The fraction of sp³-hybridized carbons (Fsp3) is 0.526. The van der Waals surface area contributed by atoms with Gasteiger partial charge in [-0.15, -0.1) is 10.2 Å². The predicted molar refractivity (Wildman–Crippen MR) is 188 cm³/mol. The Kier molecular flexibility index (Phi) is 12.4. The highest BCUT2D eigenvalue weighted by molar-refractivity contribution is 6.03. The van der Waals surface area contributed by atoms with Gasteiger partial charge in [0.15, 0.2) is 0 Å². The zero-order valence-corrected chi connectivity index (χ0v) is 28.4. The van der Waals surface area contributed by atoms with Gasteiger partial charge in [-0.3, -0.25) is 0 Å². The van der Waals surface area contributed by atoms with E-state index in [4.69, 9.17) is 19.9 Å². The molecule has 0 aliphatic rings. The molecule has 5 aromatic rings. The minimum absolute atomic E-state index is 0.573. The normalized spacial score (nSPS) is 11.6. The second-order valence-corrected chi connectivity index (χ2v) is 12.5. The first-order valence-electron chi connectivity index (χ1n) is 17.8. The van der Waals surface area contributed by atoms with Crippen LogP contribution in [0.15, 0.2) is 36.4 Å². The molecule has 0 unspecified atom stereocenters. The Labute approximate surface area is 274 Å². The van der Waals surface area contributed by atoms with Gasteiger partial charge in [0, 0.05) is 10.8 Å². The van der Waals surface area contributed by atoms with Gasteiger partial charge in [0.1, 0.15) is 11.4 Å². The van der Waals surface area contributed by atoms with Crippen molar-refractivity contribution in [2.24, 2.45) is 0 Å². The summed E-state index contributed by atoms with van der Waals surface area (Å²) >= 11 is 0. The lowest BCUT2D eigenvalue weighted by Crippen LogP contribution is -2.07. The number of aryl methyl sites for hydroxylation is 4. The van der Waals surface area contributed by atoms with Crippen molar-refractivity contribution < 1.29 is 0 Å². The zero-order valence-electron chi connectivity index (χ0n) is 28.4. The van der Waals surface area contributed by atoms with E-state index in [1.54, 1.807) is 0 Å². The van der Waals surface area contributed by atoms with Crippen molar-refractivity contribution in [2.75, 3.05) is 0 Å². The molecule has 0 aliphatic carbocycles. The number of pyridine rings is 2. The lowest BCUT2D eigenvalue weighted by molar-refractivity contribution is 0.660. The van der Waals surface area contributed by atoms with Crippen LogP contribution in [0.1, 0.15) is 128 Å². The highest BCUT2D eigenvalue weighted by Crippen LogP contribution is 2.28. The monoisotopic (exact) mass is 618 g/mol. The second kappa shape index (κ2) is 17.1. The Balaban J connectivity index is 1.51. The molecular formula is C38H50N8. The molecule has 0 amide bonds. The molecule has 0 saturated carbocycles. The summed E-state index contributed by atoms with van der Waals surface area (Å²) < 4.78 is 0. The van der Waals surface area contributed by atoms with E-state index < -0.39 is 0 Å².